The Morgan fingerprint density at radius 1 is 1.32 bits per heavy atom. The minimum Gasteiger partial charge on any atom is -0.480 e. The Labute approximate surface area is 233 Å². The summed E-state index contributed by atoms with van der Waals surface area (Å²) in [6.45, 7) is 10.1. The number of nitrogens with zero attached hydrogens (tertiary/aromatic N) is 3. The minimum absolute atomic E-state index is 0.0737. The predicted molar refractivity (Wildman–Crippen MR) is 145 cm³/mol. The third-order valence-corrected chi connectivity index (χ3v) is 7.95. The van der Waals surface area contributed by atoms with E-state index in [1.165, 1.54) is 6.08 Å². The fourth-order valence-corrected chi connectivity index (χ4v) is 5.42. The average Bonchev–Trinajstić information content (AvgIpc) is 3.42. The van der Waals surface area contributed by atoms with Crippen molar-refractivity contribution in [3.05, 3.63) is 58.8 Å². The molecule has 12 nitrogen and oxygen atoms in total. The van der Waals surface area contributed by atoms with E-state index in [0.29, 0.717) is 19.5 Å². The van der Waals surface area contributed by atoms with Crippen molar-refractivity contribution in [1.82, 2.24) is 15.1 Å². The van der Waals surface area contributed by atoms with E-state index in [9.17, 15) is 34.4 Å². The zero-order valence-electron chi connectivity index (χ0n) is 23.1. The molecule has 0 aromatic carbocycles. The van der Waals surface area contributed by atoms with Gasteiger partial charge in [-0.3, -0.25) is 19.7 Å². The number of esters is 1. The molecule has 1 aliphatic heterocycles. The second-order valence-electron chi connectivity index (χ2n) is 10.5. The van der Waals surface area contributed by atoms with Gasteiger partial charge in [0.2, 0.25) is 5.91 Å². The Hall–Kier alpha value is -3.96. The van der Waals surface area contributed by atoms with E-state index in [1.807, 2.05) is 6.08 Å². The Kier molecular flexibility index (Phi) is 9.54. The van der Waals surface area contributed by atoms with Gasteiger partial charge >= 0.3 is 18.0 Å². The zero-order chi connectivity index (χ0) is 29.7. The normalized spacial score (nSPS) is 27.1. The fourth-order valence-electron chi connectivity index (χ4n) is 5.42. The molecule has 2 N–H and O–H groups in total. The van der Waals surface area contributed by atoms with Crippen LogP contribution < -0.4 is 5.32 Å². The molecule has 2 fully saturated rings. The maximum absolute atomic E-state index is 13.6. The van der Waals surface area contributed by atoms with Crippen molar-refractivity contribution in [3.8, 4) is 0 Å². The van der Waals surface area contributed by atoms with Crippen LogP contribution in [0, 0.1) is 27.4 Å². The number of likely N-dealkylation sites (tertiary alicyclic amines) is 1. The maximum Gasteiger partial charge on any atom is 0.332 e. The Bertz CT molecular complexity index is 1150. The Morgan fingerprint density at radius 2 is 2.05 bits per heavy atom. The molecule has 0 aromatic rings. The number of hydrogen-bond acceptors (Lipinski definition) is 7. The van der Waals surface area contributed by atoms with Gasteiger partial charge in [-0.05, 0) is 51.2 Å². The van der Waals surface area contributed by atoms with Gasteiger partial charge in [-0.15, -0.1) is 13.2 Å². The number of carbonyl (C=O) groups excluding carboxylic acids is 3. The molecule has 4 atom stereocenters. The summed E-state index contributed by atoms with van der Waals surface area (Å²) in [5, 5.41) is 24.8. The van der Waals surface area contributed by atoms with Crippen LogP contribution in [-0.4, -0.2) is 82.5 Å². The number of carbonyl (C=O) groups is 4. The van der Waals surface area contributed by atoms with Gasteiger partial charge in [-0.1, -0.05) is 12.2 Å². The van der Waals surface area contributed by atoms with Crippen LogP contribution in [0.25, 0.3) is 0 Å². The first kappa shape index (κ1) is 30.6. The standard InChI is InChI=1S/C28H38N4O8/c1-5-8-9-10-14-30(4)26(37)31-15-12-19(18-31)21-17-27(24(34)35,13-11-22(21)32(38)39)23(33)29-28(16-20(28)6-2)25(36)40-7-3/h5-6,11,17,19-20H,1-2,7-10,12-16,18H2,3-4H3,(H,29,33)(H,34,35). The topological polar surface area (TPSA) is 159 Å². The highest BCUT2D eigenvalue weighted by Crippen LogP contribution is 2.47. The lowest BCUT2D eigenvalue weighted by Crippen LogP contribution is -2.54. The average molecular weight is 559 g/mol. The predicted octanol–water partition coefficient (Wildman–Crippen LogP) is 2.90. The van der Waals surface area contributed by atoms with Crippen LogP contribution >= 0.6 is 0 Å². The first-order valence-electron chi connectivity index (χ1n) is 13.5. The minimum atomic E-state index is -2.18. The van der Waals surface area contributed by atoms with E-state index in [0.717, 1.165) is 31.4 Å². The summed E-state index contributed by atoms with van der Waals surface area (Å²) in [4.78, 5) is 66.3. The Balaban J connectivity index is 1.85. The molecule has 2 aliphatic carbocycles. The van der Waals surface area contributed by atoms with E-state index < -0.39 is 52.0 Å². The third kappa shape index (κ3) is 5.95. The van der Waals surface area contributed by atoms with E-state index in [2.05, 4.69) is 18.5 Å². The molecule has 0 radical (unpaired) electrons. The molecular weight excluding hydrogens is 520 g/mol. The molecule has 3 amide bonds. The highest BCUT2D eigenvalue weighted by Gasteiger charge is 2.63. The summed E-state index contributed by atoms with van der Waals surface area (Å²) < 4.78 is 5.11. The second kappa shape index (κ2) is 12.5. The van der Waals surface area contributed by atoms with Crippen LogP contribution in [0.3, 0.4) is 0 Å². The SMILES string of the molecule is C=CCCCCN(C)C(=O)N1CCC(C2=CC(C(=O)O)(C(=O)NC3(C(=O)OCC)CC3C=C)CC=C2[N+](=O)[O-])C1. The highest BCUT2D eigenvalue weighted by atomic mass is 16.6. The van der Waals surface area contributed by atoms with Crippen LogP contribution in [0.1, 0.15) is 45.4 Å². The van der Waals surface area contributed by atoms with Gasteiger partial charge in [0.15, 0.2) is 5.41 Å². The van der Waals surface area contributed by atoms with E-state index in [4.69, 9.17) is 4.74 Å². The van der Waals surface area contributed by atoms with Crippen LogP contribution in [0.4, 0.5) is 4.79 Å². The molecule has 1 heterocycles. The molecule has 3 rings (SSSR count). The first-order chi connectivity index (χ1) is 19.0. The number of carboxylic acids is 1. The summed E-state index contributed by atoms with van der Waals surface area (Å²) in [5.74, 6) is -4.11. The number of allylic oxidation sites excluding steroid dienone is 3. The van der Waals surface area contributed by atoms with Crippen molar-refractivity contribution in [2.24, 2.45) is 17.3 Å². The van der Waals surface area contributed by atoms with Gasteiger partial charge in [-0.2, -0.15) is 0 Å². The molecule has 1 saturated heterocycles. The van der Waals surface area contributed by atoms with Crippen molar-refractivity contribution in [2.75, 3.05) is 33.3 Å². The van der Waals surface area contributed by atoms with Crippen LogP contribution in [0.15, 0.2) is 48.7 Å². The molecule has 4 unspecified atom stereocenters. The van der Waals surface area contributed by atoms with Gasteiger partial charge < -0.3 is 25.0 Å². The Morgan fingerprint density at radius 3 is 2.62 bits per heavy atom. The summed E-state index contributed by atoms with van der Waals surface area (Å²) in [6, 6.07) is -0.216. The fraction of sp³-hybridized carbons (Fsp3) is 0.571. The molecule has 12 heteroatoms. The number of carboxylic acid groups (broad SMARTS) is 1. The first-order valence-corrected chi connectivity index (χ1v) is 13.5. The highest BCUT2D eigenvalue weighted by molar-refractivity contribution is 6.07. The lowest BCUT2D eigenvalue weighted by molar-refractivity contribution is -0.422. The van der Waals surface area contributed by atoms with Crippen molar-refractivity contribution in [1.29, 1.82) is 0 Å². The van der Waals surface area contributed by atoms with E-state index in [-0.39, 0.29) is 36.9 Å². The van der Waals surface area contributed by atoms with Gasteiger partial charge in [0.1, 0.15) is 5.54 Å². The number of amides is 3. The van der Waals surface area contributed by atoms with Crippen molar-refractivity contribution < 1.29 is 33.9 Å². The van der Waals surface area contributed by atoms with Crippen LogP contribution in [0.5, 0.6) is 0 Å². The van der Waals surface area contributed by atoms with Gasteiger partial charge in [0.25, 0.3) is 5.70 Å². The van der Waals surface area contributed by atoms with Crippen molar-refractivity contribution in [3.63, 3.8) is 0 Å². The number of urea groups is 1. The van der Waals surface area contributed by atoms with Crippen LogP contribution in [0.2, 0.25) is 0 Å². The number of aliphatic carboxylic acids is 1. The van der Waals surface area contributed by atoms with Gasteiger partial charge in [-0.25, -0.2) is 9.59 Å². The molecule has 0 bridgehead atoms. The molecule has 40 heavy (non-hydrogen) atoms. The molecule has 3 aliphatic rings. The molecule has 0 aromatic heterocycles. The lowest BCUT2D eigenvalue weighted by Gasteiger charge is -2.31. The number of rotatable bonds is 13. The lowest BCUT2D eigenvalue weighted by atomic mass is 9.74. The number of nitro groups is 1. The van der Waals surface area contributed by atoms with E-state index >= 15 is 0 Å². The molecular formula is C28H38N4O8. The largest absolute Gasteiger partial charge is 0.480 e. The maximum atomic E-state index is 13.6. The van der Waals surface area contributed by atoms with Crippen molar-refractivity contribution >= 4 is 23.9 Å². The number of nitrogens with one attached hydrogen (secondary N) is 1. The second-order valence-corrected chi connectivity index (χ2v) is 10.5. The number of unbranched alkanes of at least 4 members (excludes halogenated alkanes) is 2. The molecule has 1 saturated carbocycles. The molecule has 218 valence electrons. The van der Waals surface area contributed by atoms with Gasteiger partial charge in [0, 0.05) is 50.5 Å². The quantitative estimate of drug-likeness (QED) is 0.0872. The third-order valence-electron chi connectivity index (χ3n) is 7.95. The summed E-state index contributed by atoms with van der Waals surface area (Å²) in [5.41, 5.74) is -3.79. The summed E-state index contributed by atoms with van der Waals surface area (Å²) in [6.07, 6.45) is 8.29. The van der Waals surface area contributed by atoms with Crippen molar-refractivity contribution in [2.45, 2.75) is 51.0 Å². The van der Waals surface area contributed by atoms with Crippen LogP contribution in [-0.2, 0) is 19.1 Å². The summed E-state index contributed by atoms with van der Waals surface area (Å²) >= 11 is 0. The number of hydrogen-bond donors (Lipinski definition) is 2. The zero-order valence-corrected chi connectivity index (χ0v) is 23.1. The smallest absolute Gasteiger partial charge is 0.332 e. The number of ether oxygens (including phenoxy) is 1. The summed E-state index contributed by atoms with van der Waals surface area (Å²) in [7, 11) is 1.69. The monoisotopic (exact) mass is 558 g/mol. The van der Waals surface area contributed by atoms with Gasteiger partial charge in [0.05, 0.1) is 11.5 Å². The van der Waals surface area contributed by atoms with E-state index in [1.54, 1.807) is 23.8 Å². The molecule has 0 spiro atoms.